The second-order valence-electron chi connectivity index (χ2n) is 6.91. The third-order valence-electron chi connectivity index (χ3n) is 4.63. The molecule has 0 bridgehead atoms. The molecule has 1 amide bonds. The number of benzene rings is 3. The zero-order chi connectivity index (χ0) is 23.2. The maximum atomic E-state index is 12.2. The van der Waals surface area contributed by atoms with Crippen molar-refractivity contribution in [3.05, 3.63) is 81.8 Å². The number of halogens is 1. The monoisotopic (exact) mass is 519 g/mol. The third kappa shape index (κ3) is 5.58. The van der Waals surface area contributed by atoms with Crippen LogP contribution in [0.2, 0.25) is 0 Å². The van der Waals surface area contributed by atoms with E-state index in [2.05, 4.69) is 32.3 Å². The molecule has 0 radical (unpaired) electrons. The van der Waals surface area contributed by atoms with Gasteiger partial charge in [-0.3, -0.25) is 4.79 Å². The van der Waals surface area contributed by atoms with Crippen LogP contribution in [0.5, 0.6) is 11.5 Å². The fourth-order valence-corrected chi connectivity index (χ4v) is 4.26. The molecule has 0 aliphatic heterocycles. The number of para-hydroxylation sites is 1. The molecule has 6 nitrogen and oxygen atoms in total. The smallest absolute Gasteiger partial charge is 0.262 e. The number of methoxy groups -OCH3 is 1. The van der Waals surface area contributed by atoms with Gasteiger partial charge in [-0.1, -0.05) is 34.1 Å². The highest BCUT2D eigenvalue weighted by Gasteiger charge is 2.12. The Morgan fingerprint density at radius 2 is 1.94 bits per heavy atom. The number of aromatic nitrogens is 1. The zero-order valence-corrected chi connectivity index (χ0v) is 19.9. The van der Waals surface area contributed by atoms with Crippen molar-refractivity contribution >= 4 is 60.7 Å². The van der Waals surface area contributed by atoms with E-state index in [4.69, 9.17) is 9.47 Å². The van der Waals surface area contributed by atoms with Crippen LogP contribution >= 0.6 is 27.3 Å². The number of nitrogens with one attached hydrogen (secondary N) is 1. The summed E-state index contributed by atoms with van der Waals surface area (Å²) in [7, 11) is 1.52. The van der Waals surface area contributed by atoms with Gasteiger partial charge in [0.2, 0.25) is 0 Å². The first-order chi connectivity index (χ1) is 16.1. The van der Waals surface area contributed by atoms with E-state index in [1.807, 2.05) is 36.4 Å². The van der Waals surface area contributed by atoms with E-state index < -0.39 is 0 Å². The topological polar surface area (TPSA) is 84.2 Å². The number of hydrogen-bond donors (Lipinski definition) is 1. The van der Waals surface area contributed by atoms with Gasteiger partial charge in [0.25, 0.3) is 5.91 Å². The number of fused-ring (bicyclic) bond motifs is 1. The molecule has 0 saturated carbocycles. The first-order valence-electron chi connectivity index (χ1n) is 9.90. The Morgan fingerprint density at radius 3 is 2.67 bits per heavy atom. The number of rotatable bonds is 7. The predicted octanol–water partition coefficient (Wildman–Crippen LogP) is 6.15. The van der Waals surface area contributed by atoms with Gasteiger partial charge in [-0.25, -0.2) is 4.98 Å². The molecule has 0 atom stereocenters. The lowest BCUT2D eigenvalue weighted by Crippen LogP contribution is -2.20. The van der Waals surface area contributed by atoms with E-state index in [0.29, 0.717) is 27.8 Å². The Kier molecular flexibility index (Phi) is 7.03. The van der Waals surface area contributed by atoms with Gasteiger partial charge >= 0.3 is 0 Å². The molecular formula is C25H18BrN3O3S. The summed E-state index contributed by atoms with van der Waals surface area (Å²) in [6, 6.07) is 22.5. The van der Waals surface area contributed by atoms with Crippen LogP contribution in [0, 0.1) is 11.3 Å². The van der Waals surface area contributed by atoms with E-state index in [1.165, 1.54) is 18.4 Å². The Hall–Kier alpha value is -3.67. The minimum absolute atomic E-state index is 0.170. The highest BCUT2D eigenvalue weighted by Crippen LogP contribution is 2.32. The Balaban J connectivity index is 1.48. The van der Waals surface area contributed by atoms with E-state index in [9.17, 15) is 10.1 Å². The van der Waals surface area contributed by atoms with Crippen molar-refractivity contribution in [3.63, 3.8) is 0 Å². The fourth-order valence-electron chi connectivity index (χ4n) is 3.06. The summed E-state index contributed by atoms with van der Waals surface area (Å²) in [6.07, 6.45) is 1.75. The summed E-state index contributed by atoms with van der Waals surface area (Å²) in [4.78, 5) is 16.8. The summed E-state index contributed by atoms with van der Waals surface area (Å²) in [5, 5.41) is 13.1. The summed E-state index contributed by atoms with van der Waals surface area (Å²) in [6.45, 7) is -0.170. The number of carbonyl (C=O) groups is 1. The summed E-state index contributed by atoms with van der Waals surface area (Å²) in [5.74, 6) is 0.604. The molecule has 0 fully saturated rings. The summed E-state index contributed by atoms with van der Waals surface area (Å²) in [5.41, 5.74) is 2.76. The number of amides is 1. The molecule has 0 aliphatic carbocycles. The number of hydrogen-bond acceptors (Lipinski definition) is 6. The van der Waals surface area contributed by atoms with Gasteiger partial charge in [0.1, 0.15) is 11.1 Å². The van der Waals surface area contributed by atoms with Crippen molar-refractivity contribution in [1.29, 1.82) is 5.26 Å². The maximum absolute atomic E-state index is 12.2. The van der Waals surface area contributed by atoms with E-state index in [-0.39, 0.29) is 12.5 Å². The molecule has 0 unspecified atom stereocenters. The van der Waals surface area contributed by atoms with Crippen LogP contribution in [0.1, 0.15) is 10.6 Å². The second kappa shape index (κ2) is 10.3. The molecule has 0 saturated heterocycles. The normalized spacial score (nSPS) is 11.1. The molecule has 0 spiro atoms. The molecule has 8 heteroatoms. The Morgan fingerprint density at radius 1 is 1.15 bits per heavy atom. The first-order valence-corrected chi connectivity index (χ1v) is 11.5. The van der Waals surface area contributed by atoms with Crippen molar-refractivity contribution in [1.82, 2.24) is 4.98 Å². The van der Waals surface area contributed by atoms with Crippen molar-refractivity contribution in [2.45, 2.75) is 0 Å². The average Bonchev–Trinajstić information content (AvgIpc) is 3.27. The van der Waals surface area contributed by atoms with Gasteiger partial charge in [-0.15, -0.1) is 11.3 Å². The average molecular weight is 520 g/mol. The Bertz CT molecular complexity index is 1340. The number of ether oxygens (including phenoxy) is 2. The number of nitrogens with zero attached hydrogens (tertiary/aromatic N) is 2. The van der Waals surface area contributed by atoms with Crippen molar-refractivity contribution < 1.29 is 14.3 Å². The van der Waals surface area contributed by atoms with Crippen LogP contribution in [-0.4, -0.2) is 24.6 Å². The van der Waals surface area contributed by atoms with Crippen LogP contribution in [0.25, 0.3) is 21.9 Å². The quantitative estimate of drug-likeness (QED) is 0.296. The lowest BCUT2D eigenvalue weighted by Gasteiger charge is -2.12. The minimum Gasteiger partial charge on any atom is -0.493 e. The number of nitriles is 1. The highest BCUT2D eigenvalue weighted by molar-refractivity contribution is 9.10. The van der Waals surface area contributed by atoms with E-state index in [0.717, 1.165) is 20.3 Å². The first kappa shape index (κ1) is 22.5. The SMILES string of the molecule is COc1cc(/C=C(/C#N)c2nc3ccccc3s2)ccc1OCC(=O)Nc1ccc(Br)cc1. The molecular weight excluding hydrogens is 502 g/mol. The van der Waals surface area contributed by atoms with Crippen LogP contribution in [0.3, 0.4) is 0 Å². The minimum atomic E-state index is -0.286. The third-order valence-corrected chi connectivity index (χ3v) is 6.23. The lowest BCUT2D eigenvalue weighted by atomic mass is 10.1. The van der Waals surface area contributed by atoms with Gasteiger partial charge in [0.05, 0.1) is 22.9 Å². The van der Waals surface area contributed by atoms with Crippen LogP contribution in [-0.2, 0) is 4.79 Å². The fraction of sp³-hybridized carbons (Fsp3) is 0.0800. The zero-order valence-electron chi connectivity index (χ0n) is 17.5. The summed E-state index contributed by atoms with van der Waals surface area (Å²) >= 11 is 4.83. The lowest BCUT2D eigenvalue weighted by molar-refractivity contribution is -0.118. The standard InChI is InChI=1S/C25H18BrN3O3S/c1-31-22-13-16(12-17(14-27)25-29-20-4-2-3-5-23(20)33-25)6-11-21(22)32-15-24(30)28-19-9-7-18(26)8-10-19/h2-13H,15H2,1H3,(H,28,30)/b17-12-. The molecule has 0 aliphatic rings. The molecule has 4 aromatic rings. The molecule has 3 aromatic carbocycles. The van der Waals surface area contributed by atoms with Gasteiger partial charge in [0, 0.05) is 10.2 Å². The molecule has 4 rings (SSSR count). The second-order valence-corrected chi connectivity index (χ2v) is 8.86. The van der Waals surface area contributed by atoms with Gasteiger partial charge in [0.15, 0.2) is 18.1 Å². The molecule has 1 aromatic heterocycles. The largest absolute Gasteiger partial charge is 0.493 e. The highest BCUT2D eigenvalue weighted by atomic mass is 79.9. The van der Waals surface area contributed by atoms with Gasteiger partial charge in [-0.2, -0.15) is 5.26 Å². The van der Waals surface area contributed by atoms with Crippen LogP contribution < -0.4 is 14.8 Å². The number of allylic oxidation sites excluding steroid dienone is 1. The predicted molar refractivity (Wildman–Crippen MR) is 134 cm³/mol. The van der Waals surface area contributed by atoms with Crippen LogP contribution in [0.4, 0.5) is 5.69 Å². The molecule has 33 heavy (non-hydrogen) atoms. The van der Waals surface area contributed by atoms with Crippen molar-refractivity contribution in [2.24, 2.45) is 0 Å². The van der Waals surface area contributed by atoms with Crippen LogP contribution in [0.15, 0.2) is 71.2 Å². The Labute approximate surface area is 203 Å². The molecule has 1 heterocycles. The molecule has 164 valence electrons. The number of thiazole rings is 1. The van der Waals surface area contributed by atoms with Crippen molar-refractivity contribution in [3.8, 4) is 17.6 Å². The van der Waals surface area contributed by atoms with E-state index in [1.54, 1.807) is 36.4 Å². The van der Waals surface area contributed by atoms with Crippen molar-refractivity contribution in [2.75, 3.05) is 19.0 Å². The van der Waals surface area contributed by atoms with Gasteiger partial charge in [-0.05, 0) is 60.2 Å². The summed E-state index contributed by atoms with van der Waals surface area (Å²) < 4.78 is 13.0. The van der Waals surface area contributed by atoms with E-state index >= 15 is 0 Å². The maximum Gasteiger partial charge on any atom is 0.262 e. The van der Waals surface area contributed by atoms with Gasteiger partial charge < -0.3 is 14.8 Å². The number of carbonyl (C=O) groups excluding carboxylic acids is 1. The molecule has 1 N–H and O–H groups in total. The number of anilines is 1.